The number of nitro groups is 2. The monoisotopic (exact) mass is 473 g/mol. The molecule has 0 radical (unpaired) electrons. The van der Waals surface area contributed by atoms with Crippen molar-refractivity contribution in [1.82, 2.24) is 4.98 Å². The van der Waals surface area contributed by atoms with Crippen LogP contribution in [0.2, 0.25) is 0 Å². The molecule has 0 unspecified atom stereocenters. The molecule has 0 N–H and O–H groups in total. The third kappa shape index (κ3) is 4.41. The molecule has 0 saturated carbocycles. The number of methoxy groups -OCH3 is 1. The fourth-order valence-electron chi connectivity index (χ4n) is 2.54. The van der Waals surface area contributed by atoms with Gasteiger partial charge < -0.3 is 9.15 Å². The van der Waals surface area contributed by atoms with Gasteiger partial charge in [-0.05, 0) is 46.3 Å². The number of hydrogen-bond donors (Lipinski definition) is 0. The van der Waals surface area contributed by atoms with E-state index in [-0.39, 0.29) is 22.6 Å². The predicted octanol–water partition coefficient (Wildman–Crippen LogP) is 4.88. The topological polar surface area (TPSA) is 139 Å². The molecule has 11 heteroatoms. The molecule has 3 aromatic rings. The summed E-state index contributed by atoms with van der Waals surface area (Å²) in [4.78, 5) is 36.5. The Balaban J connectivity index is 1.90. The minimum absolute atomic E-state index is 0.0584. The number of nitrogens with zero attached hydrogens (tertiary/aromatic N) is 3. The number of carbonyl (C=O) groups excluding carboxylic acids is 1. The van der Waals surface area contributed by atoms with Gasteiger partial charge in [0.25, 0.3) is 11.4 Å². The number of carbonyl (C=O) groups is 1. The van der Waals surface area contributed by atoms with Gasteiger partial charge >= 0.3 is 5.97 Å². The minimum Gasteiger partial charge on any atom is -0.465 e. The number of halogens is 1. The maximum absolute atomic E-state index is 11.9. The molecule has 2 aromatic heterocycles. The van der Waals surface area contributed by atoms with Gasteiger partial charge in [0.1, 0.15) is 17.7 Å². The lowest BCUT2D eigenvalue weighted by Gasteiger charge is -2.03. The number of aromatic nitrogens is 1. The van der Waals surface area contributed by atoms with Crippen LogP contribution in [0.3, 0.4) is 0 Å². The smallest absolute Gasteiger partial charge is 0.340 e. The molecular weight excluding hydrogens is 462 g/mol. The largest absolute Gasteiger partial charge is 0.465 e. The summed E-state index contributed by atoms with van der Waals surface area (Å²) in [5, 5.41) is 21.8. The number of ether oxygens (including phenoxy) is 1. The Kier molecular flexibility index (Phi) is 6.02. The van der Waals surface area contributed by atoms with Crippen molar-refractivity contribution in [1.29, 1.82) is 0 Å². The van der Waals surface area contributed by atoms with Crippen molar-refractivity contribution in [2.24, 2.45) is 0 Å². The van der Waals surface area contributed by atoms with Crippen molar-refractivity contribution in [2.75, 3.05) is 7.11 Å². The van der Waals surface area contributed by atoms with Gasteiger partial charge in [0.15, 0.2) is 0 Å². The summed E-state index contributed by atoms with van der Waals surface area (Å²) in [6, 6.07) is 8.71. The molecule has 0 bridgehead atoms. The van der Waals surface area contributed by atoms with Gasteiger partial charge in [-0.15, -0.1) is 0 Å². The van der Waals surface area contributed by atoms with Crippen LogP contribution in [-0.2, 0) is 4.74 Å². The van der Waals surface area contributed by atoms with E-state index >= 15 is 0 Å². The first-order valence-corrected chi connectivity index (χ1v) is 9.04. The van der Waals surface area contributed by atoms with Crippen molar-refractivity contribution in [2.45, 2.75) is 0 Å². The normalized spacial score (nSPS) is 10.9. The SMILES string of the molecule is COC(=O)c1cc([N+](=O)[O-])cnc1C=Cc1ccc(-c2ccc([N+](=O)[O-])cc2Br)o1. The zero-order valence-electron chi connectivity index (χ0n) is 15.3. The molecule has 0 saturated heterocycles. The van der Waals surface area contributed by atoms with Gasteiger partial charge in [-0.25, -0.2) is 9.78 Å². The van der Waals surface area contributed by atoms with Gasteiger partial charge in [0, 0.05) is 28.2 Å². The van der Waals surface area contributed by atoms with E-state index in [1.54, 1.807) is 18.2 Å². The molecule has 1 aromatic carbocycles. The second kappa shape index (κ2) is 8.66. The van der Waals surface area contributed by atoms with E-state index in [1.807, 2.05) is 0 Å². The molecule has 2 heterocycles. The average molecular weight is 474 g/mol. The first-order chi connectivity index (χ1) is 14.3. The van der Waals surface area contributed by atoms with Gasteiger partial charge in [0.05, 0.1) is 28.2 Å². The molecule has 152 valence electrons. The van der Waals surface area contributed by atoms with E-state index in [0.29, 0.717) is 21.6 Å². The van der Waals surface area contributed by atoms with Crippen LogP contribution < -0.4 is 0 Å². The maximum atomic E-state index is 11.9. The molecule has 30 heavy (non-hydrogen) atoms. The molecule has 0 fully saturated rings. The van der Waals surface area contributed by atoms with Gasteiger partial charge in [-0.2, -0.15) is 0 Å². The van der Waals surface area contributed by atoms with Gasteiger partial charge in [-0.1, -0.05) is 0 Å². The number of nitro benzene ring substituents is 1. The molecule has 0 aliphatic carbocycles. The molecule has 0 aliphatic rings. The predicted molar refractivity (Wildman–Crippen MR) is 110 cm³/mol. The Morgan fingerprint density at radius 3 is 2.47 bits per heavy atom. The molecule has 0 atom stereocenters. The van der Waals surface area contributed by atoms with E-state index in [0.717, 1.165) is 19.4 Å². The molecule has 0 aliphatic heterocycles. The number of hydrogen-bond acceptors (Lipinski definition) is 8. The van der Waals surface area contributed by atoms with E-state index in [2.05, 4.69) is 25.7 Å². The lowest BCUT2D eigenvalue weighted by molar-refractivity contribution is -0.385. The second-order valence-electron chi connectivity index (χ2n) is 5.83. The third-order valence-electron chi connectivity index (χ3n) is 3.98. The molecule has 0 spiro atoms. The van der Waals surface area contributed by atoms with E-state index in [4.69, 9.17) is 4.42 Å². The van der Waals surface area contributed by atoms with Crippen molar-refractivity contribution < 1.29 is 23.8 Å². The van der Waals surface area contributed by atoms with Crippen molar-refractivity contribution in [3.05, 3.63) is 84.3 Å². The lowest BCUT2D eigenvalue weighted by Crippen LogP contribution is -2.06. The summed E-state index contributed by atoms with van der Waals surface area (Å²) in [7, 11) is 1.16. The molecular formula is C19H12BrN3O7. The number of non-ortho nitro benzene ring substituents is 1. The summed E-state index contributed by atoms with van der Waals surface area (Å²) in [5.74, 6) is 0.105. The van der Waals surface area contributed by atoms with Crippen LogP contribution in [0.15, 0.2) is 51.5 Å². The number of pyridine rings is 1. The van der Waals surface area contributed by atoms with E-state index in [1.165, 1.54) is 24.3 Å². The van der Waals surface area contributed by atoms with Crippen LogP contribution in [0, 0.1) is 20.2 Å². The zero-order valence-corrected chi connectivity index (χ0v) is 16.9. The van der Waals surface area contributed by atoms with E-state index in [9.17, 15) is 25.0 Å². The van der Waals surface area contributed by atoms with Crippen LogP contribution in [0.1, 0.15) is 21.8 Å². The number of furan rings is 1. The maximum Gasteiger partial charge on any atom is 0.340 e. The van der Waals surface area contributed by atoms with Gasteiger partial charge in [-0.3, -0.25) is 20.2 Å². The minimum atomic E-state index is -0.763. The fraction of sp³-hybridized carbons (Fsp3) is 0.0526. The van der Waals surface area contributed by atoms with Crippen LogP contribution >= 0.6 is 15.9 Å². The highest BCUT2D eigenvalue weighted by Gasteiger charge is 2.17. The average Bonchev–Trinajstić information content (AvgIpc) is 3.20. The number of esters is 1. The van der Waals surface area contributed by atoms with Crippen molar-refractivity contribution >= 4 is 45.4 Å². The lowest BCUT2D eigenvalue weighted by atomic mass is 10.1. The van der Waals surface area contributed by atoms with Crippen LogP contribution in [-0.4, -0.2) is 27.9 Å². The standard InChI is InChI=1S/C19H12BrN3O7/c1-29-19(24)15-8-12(23(27)28)10-21-17(15)6-3-13-4-7-18(30-13)14-5-2-11(22(25)26)9-16(14)20/h2-10H,1H3. The number of benzene rings is 1. The highest BCUT2D eigenvalue weighted by atomic mass is 79.9. The number of rotatable bonds is 6. The van der Waals surface area contributed by atoms with E-state index < -0.39 is 15.8 Å². The first kappa shape index (κ1) is 20.9. The van der Waals surface area contributed by atoms with Crippen LogP contribution in [0.25, 0.3) is 23.5 Å². The van der Waals surface area contributed by atoms with Gasteiger partial charge in [0.2, 0.25) is 0 Å². The first-order valence-electron chi connectivity index (χ1n) is 8.25. The summed E-state index contributed by atoms with van der Waals surface area (Å²) in [6.07, 6.45) is 4.03. The van der Waals surface area contributed by atoms with Crippen LogP contribution in [0.4, 0.5) is 11.4 Å². The highest BCUT2D eigenvalue weighted by Crippen LogP contribution is 2.33. The Bertz CT molecular complexity index is 1190. The fourth-order valence-corrected chi connectivity index (χ4v) is 3.10. The van der Waals surface area contributed by atoms with Crippen molar-refractivity contribution in [3.63, 3.8) is 0 Å². The summed E-state index contributed by atoms with van der Waals surface area (Å²) in [5.41, 5.74) is 0.325. The molecule has 10 nitrogen and oxygen atoms in total. The Labute approximate surface area is 177 Å². The van der Waals surface area contributed by atoms with Crippen LogP contribution in [0.5, 0.6) is 0 Å². The summed E-state index contributed by atoms with van der Waals surface area (Å²) >= 11 is 3.29. The van der Waals surface area contributed by atoms with Crippen molar-refractivity contribution in [3.8, 4) is 11.3 Å². The Hall–Kier alpha value is -3.86. The Morgan fingerprint density at radius 1 is 1.10 bits per heavy atom. The quantitative estimate of drug-likeness (QED) is 0.280. The Morgan fingerprint density at radius 2 is 1.83 bits per heavy atom. The third-order valence-corrected chi connectivity index (χ3v) is 4.64. The second-order valence-corrected chi connectivity index (χ2v) is 6.69. The summed E-state index contributed by atoms with van der Waals surface area (Å²) < 4.78 is 10.9. The zero-order chi connectivity index (χ0) is 21.8. The summed E-state index contributed by atoms with van der Waals surface area (Å²) in [6.45, 7) is 0. The highest BCUT2D eigenvalue weighted by molar-refractivity contribution is 9.10. The molecule has 3 rings (SSSR count). The molecule has 0 amide bonds.